The minimum Gasteiger partial charge on any atom is -0.493 e. The number of hydrogen-bond donors (Lipinski definition) is 0. The lowest BCUT2D eigenvalue weighted by molar-refractivity contribution is 0.284. The average molecular weight is 373 g/mol. The highest BCUT2D eigenvalue weighted by molar-refractivity contribution is 5.90. The molecule has 0 saturated carbocycles. The molecule has 0 amide bonds. The average Bonchev–Trinajstić information content (AvgIpc) is 2.71. The molecule has 0 aromatic heterocycles. The highest BCUT2D eigenvalue weighted by Crippen LogP contribution is 2.31. The summed E-state index contributed by atoms with van der Waals surface area (Å²) < 4.78 is 25.3. The zero-order valence-electron chi connectivity index (χ0n) is 15.8. The van der Waals surface area contributed by atoms with E-state index in [4.69, 9.17) is 9.47 Å². The zero-order chi connectivity index (χ0) is 19.9. The predicted molar refractivity (Wildman–Crippen MR) is 108 cm³/mol. The summed E-state index contributed by atoms with van der Waals surface area (Å²) in [6, 6.07) is 21.7. The smallest absolute Gasteiger partial charge is 0.161 e. The Kier molecular flexibility index (Phi) is 6.08. The molecule has 0 fully saturated rings. The van der Waals surface area contributed by atoms with Crippen LogP contribution in [0.25, 0.3) is 11.6 Å². The van der Waals surface area contributed by atoms with E-state index in [1.54, 1.807) is 43.5 Å². The number of benzene rings is 3. The second kappa shape index (κ2) is 8.88. The lowest BCUT2D eigenvalue weighted by Crippen LogP contribution is -1.98. The molecule has 0 aliphatic carbocycles. The van der Waals surface area contributed by atoms with Crippen LogP contribution in [0.15, 0.2) is 66.7 Å². The molecule has 140 valence electrons. The number of allylic oxidation sites excluding steroid dienone is 1. The van der Waals surface area contributed by atoms with E-state index in [0.717, 1.165) is 11.1 Å². The Bertz CT molecular complexity index is 1050. The van der Waals surface area contributed by atoms with Gasteiger partial charge in [0.25, 0.3) is 0 Å². The van der Waals surface area contributed by atoms with E-state index in [1.807, 2.05) is 31.2 Å². The van der Waals surface area contributed by atoms with Gasteiger partial charge in [-0.15, -0.1) is 0 Å². The van der Waals surface area contributed by atoms with Gasteiger partial charge in [-0.1, -0.05) is 54.1 Å². The molecule has 4 heteroatoms. The molecule has 0 heterocycles. The Balaban J connectivity index is 1.84. The second-order valence-electron chi connectivity index (χ2n) is 6.34. The first-order chi connectivity index (χ1) is 13.6. The van der Waals surface area contributed by atoms with Gasteiger partial charge in [-0.2, -0.15) is 5.26 Å². The Morgan fingerprint density at radius 3 is 2.57 bits per heavy atom. The summed E-state index contributed by atoms with van der Waals surface area (Å²) in [5.41, 5.74) is 3.47. The molecular weight excluding hydrogens is 353 g/mol. The molecule has 0 aliphatic rings. The summed E-state index contributed by atoms with van der Waals surface area (Å²) in [5.74, 6) is 0.721. The Morgan fingerprint density at radius 1 is 1.04 bits per heavy atom. The van der Waals surface area contributed by atoms with Crippen LogP contribution in [0.4, 0.5) is 4.39 Å². The summed E-state index contributed by atoms with van der Waals surface area (Å²) in [4.78, 5) is 0. The van der Waals surface area contributed by atoms with Gasteiger partial charge in [-0.25, -0.2) is 4.39 Å². The van der Waals surface area contributed by atoms with Gasteiger partial charge in [0.05, 0.1) is 18.8 Å². The van der Waals surface area contributed by atoms with Crippen molar-refractivity contribution in [2.75, 3.05) is 7.11 Å². The van der Waals surface area contributed by atoms with Gasteiger partial charge in [0.15, 0.2) is 11.5 Å². The van der Waals surface area contributed by atoms with E-state index in [2.05, 4.69) is 12.1 Å². The van der Waals surface area contributed by atoms with Gasteiger partial charge in [-0.05, 0) is 42.3 Å². The molecule has 3 aromatic rings. The number of nitrogens with zero attached hydrogens (tertiary/aromatic N) is 1. The van der Waals surface area contributed by atoms with Gasteiger partial charge in [0, 0.05) is 5.56 Å². The molecule has 3 aromatic carbocycles. The summed E-state index contributed by atoms with van der Waals surface area (Å²) in [6.45, 7) is 2.46. The number of nitriles is 1. The number of methoxy groups -OCH3 is 1. The van der Waals surface area contributed by atoms with Crippen molar-refractivity contribution in [2.45, 2.75) is 13.5 Å². The standard InChI is InChI=1S/C24H20FNO2/c1-17-6-5-7-19(12-17)16-28-23-11-10-18(14-24(23)27-2)13-20(15-26)21-8-3-4-9-22(21)25/h3-14H,16H2,1-2H3. The van der Waals surface area contributed by atoms with Crippen LogP contribution in [0.3, 0.4) is 0 Å². The molecule has 0 saturated heterocycles. The van der Waals surface area contributed by atoms with Crippen LogP contribution in [0.2, 0.25) is 0 Å². The van der Waals surface area contributed by atoms with Gasteiger partial charge >= 0.3 is 0 Å². The highest BCUT2D eigenvalue weighted by atomic mass is 19.1. The first-order valence-corrected chi connectivity index (χ1v) is 8.84. The highest BCUT2D eigenvalue weighted by Gasteiger charge is 2.09. The normalized spacial score (nSPS) is 11.0. The van der Waals surface area contributed by atoms with Crippen molar-refractivity contribution in [1.82, 2.24) is 0 Å². The van der Waals surface area contributed by atoms with Crippen molar-refractivity contribution in [3.63, 3.8) is 0 Å². The molecule has 0 aliphatic heterocycles. The molecule has 0 atom stereocenters. The maximum atomic E-state index is 14.0. The third kappa shape index (κ3) is 4.57. The van der Waals surface area contributed by atoms with Crippen LogP contribution >= 0.6 is 0 Å². The fraction of sp³-hybridized carbons (Fsp3) is 0.125. The Morgan fingerprint density at radius 2 is 1.86 bits per heavy atom. The van der Waals surface area contributed by atoms with Crippen LogP contribution in [0, 0.1) is 24.1 Å². The Labute approximate surface area is 164 Å². The topological polar surface area (TPSA) is 42.2 Å². The van der Waals surface area contributed by atoms with Crippen molar-refractivity contribution in [2.24, 2.45) is 0 Å². The number of halogens is 1. The van der Waals surface area contributed by atoms with Crippen molar-refractivity contribution >= 4 is 11.6 Å². The van der Waals surface area contributed by atoms with Crippen molar-refractivity contribution in [3.8, 4) is 17.6 Å². The number of rotatable bonds is 6. The van der Waals surface area contributed by atoms with Gasteiger partial charge < -0.3 is 9.47 Å². The van der Waals surface area contributed by atoms with E-state index in [0.29, 0.717) is 18.1 Å². The SMILES string of the molecule is COc1cc(C=C(C#N)c2ccccc2F)ccc1OCc1cccc(C)c1. The quantitative estimate of drug-likeness (QED) is 0.406. The number of aryl methyl sites for hydroxylation is 1. The maximum Gasteiger partial charge on any atom is 0.161 e. The largest absolute Gasteiger partial charge is 0.493 e. The van der Waals surface area contributed by atoms with Gasteiger partial charge in [0.2, 0.25) is 0 Å². The first-order valence-electron chi connectivity index (χ1n) is 8.84. The van der Waals surface area contributed by atoms with Crippen molar-refractivity contribution in [1.29, 1.82) is 5.26 Å². The van der Waals surface area contributed by atoms with Crippen LogP contribution in [-0.2, 0) is 6.61 Å². The van der Waals surface area contributed by atoms with E-state index >= 15 is 0 Å². The molecule has 28 heavy (non-hydrogen) atoms. The second-order valence-corrected chi connectivity index (χ2v) is 6.34. The minimum atomic E-state index is -0.430. The van der Waals surface area contributed by atoms with Gasteiger partial charge in [-0.3, -0.25) is 0 Å². The number of ether oxygens (including phenoxy) is 2. The molecule has 3 rings (SSSR count). The lowest BCUT2D eigenvalue weighted by atomic mass is 10.0. The van der Waals surface area contributed by atoms with Crippen LogP contribution in [0.5, 0.6) is 11.5 Å². The fourth-order valence-electron chi connectivity index (χ4n) is 2.87. The zero-order valence-corrected chi connectivity index (χ0v) is 15.8. The summed E-state index contributed by atoms with van der Waals surface area (Å²) in [7, 11) is 1.56. The van der Waals surface area contributed by atoms with Crippen molar-refractivity contribution < 1.29 is 13.9 Å². The molecule has 0 N–H and O–H groups in total. The third-order valence-corrected chi connectivity index (χ3v) is 4.26. The molecule has 0 spiro atoms. The van der Waals surface area contributed by atoms with Gasteiger partial charge in [0.1, 0.15) is 12.4 Å². The van der Waals surface area contributed by atoms with E-state index in [9.17, 15) is 9.65 Å². The molecule has 0 unspecified atom stereocenters. The maximum absolute atomic E-state index is 14.0. The summed E-state index contributed by atoms with van der Waals surface area (Å²) in [6.07, 6.45) is 1.63. The minimum absolute atomic E-state index is 0.244. The Hall–Kier alpha value is -3.58. The van der Waals surface area contributed by atoms with Crippen molar-refractivity contribution in [3.05, 3.63) is 94.8 Å². The van der Waals surface area contributed by atoms with Crippen LogP contribution in [-0.4, -0.2) is 7.11 Å². The molecule has 3 nitrogen and oxygen atoms in total. The van der Waals surface area contributed by atoms with E-state index in [1.165, 1.54) is 11.6 Å². The van der Waals surface area contributed by atoms with Crippen LogP contribution in [0.1, 0.15) is 22.3 Å². The first kappa shape index (κ1) is 19.2. The molecule has 0 radical (unpaired) electrons. The summed E-state index contributed by atoms with van der Waals surface area (Å²) >= 11 is 0. The van der Waals surface area contributed by atoms with E-state index in [-0.39, 0.29) is 11.1 Å². The fourth-order valence-corrected chi connectivity index (χ4v) is 2.87. The lowest BCUT2D eigenvalue weighted by Gasteiger charge is -2.12. The van der Waals surface area contributed by atoms with E-state index < -0.39 is 5.82 Å². The number of hydrogen-bond acceptors (Lipinski definition) is 3. The molecule has 0 bridgehead atoms. The predicted octanol–water partition coefficient (Wildman–Crippen LogP) is 5.79. The van der Waals surface area contributed by atoms with Crippen LogP contribution < -0.4 is 9.47 Å². The summed E-state index contributed by atoms with van der Waals surface area (Å²) in [5, 5.41) is 9.44. The third-order valence-electron chi connectivity index (χ3n) is 4.26. The molecular formula is C24H20FNO2. The monoisotopic (exact) mass is 373 g/mol.